The highest BCUT2D eigenvalue weighted by Gasteiger charge is 2.38. The molecule has 3 aromatic rings. The van der Waals surface area contributed by atoms with Crippen LogP contribution in [0.15, 0.2) is 30.3 Å². The molecule has 29 heavy (non-hydrogen) atoms. The standard InChI is InChI=1S/C19H12F7NOS/c1-2-9-3-5-10(6-4-9)16-11(18(29-27-16)19(24,25)26)8-28-17-14(22)12(20)7-13(21)15(17)23/h3-7H,2,8H2,1H3. The summed E-state index contributed by atoms with van der Waals surface area (Å²) in [6, 6.07) is 6.49. The maximum Gasteiger partial charge on any atom is 0.427 e. The number of aromatic nitrogens is 1. The average Bonchev–Trinajstić information content (AvgIpc) is 3.11. The minimum absolute atomic E-state index is 0.0223. The van der Waals surface area contributed by atoms with E-state index in [4.69, 9.17) is 4.74 Å². The molecule has 0 amide bonds. The van der Waals surface area contributed by atoms with Crippen molar-refractivity contribution in [3.05, 3.63) is 69.6 Å². The monoisotopic (exact) mass is 435 g/mol. The summed E-state index contributed by atoms with van der Waals surface area (Å²) in [5, 5.41) is 0. The Labute approximate surface area is 164 Å². The van der Waals surface area contributed by atoms with Crippen molar-refractivity contribution in [2.24, 2.45) is 0 Å². The number of nitrogens with zero attached hydrogens (tertiary/aromatic N) is 1. The summed E-state index contributed by atoms with van der Waals surface area (Å²) in [6.07, 6.45) is -4.09. The number of rotatable bonds is 5. The highest BCUT2D eigenvalue weighted by molar-refractivity contribution is 7.06. The fraction of sp³-hybridized carbons (Fsp3) is 0.211. The molecule has 0 aliphatic carbocycles. The van der Waals surface area contributed by atoms with Crippen LogP contribution >= 0.6 is 11.5 Å². The van der Waals surface area contributed by atoms with E-state index in [9.17, 15) is 30.7 Å². The van der Waals surface area contributed by atoms with Gasteiger partial charge in [0.15, 0.2) is 17.4 Å². The molecule has 0 bridgehead atoms. The highest BCUT2D eigenvalue weighted by Crippen LogP contribution is 2.40. The summed E-state index contributed by atoms with van der Waals surface area (Å²) in [4.78, 5) is -1.13. The van der Waals surface area contributed by atoms with Crippen molar-refractivity contribution in [2.45, 2.75) is 26.1 Å². The third-order valence-electron chi connectivity index (χ3n) is 4.11. The van der Waals surface area contributed by atoms with Crippen LogP contribution in [-0.4, -0.2) is 4.37 Å². The van der Waals surface area contributed by atoms with Gasteiger partial charge in [0.05, 0.1) is 5.69 Å². The van der Waals surface area contributed by atoms with Gasteiger partial charge in [0.2, 0.25) is 11.6 Å². The van der Waals surface area contributed by atoms with E-state index in [0.29, 0.717) is 12.0 Å². The lowest BCUT2D eigenvalue weighted by Crippen LogP contribution is -2.10. The Bertz CT molecular complexity index is 1000. The van der Waals surface area contributed by atoms with Crippen LogP contribution in [0.5, 0.6) is 5.75 Å². The Hall–Kier alpha value is -2.62. The van der Waals surface area contributed by atoms with Crippen LogP contribution in [0.1, 0.15) is 22.9 Å². The second kappa shape index (κ2) is 8.02. The van der Waals surface area contributed by atoms with Gasteiger partial charge in [-0.2, -0.15) is 26.3 Å². The molecule has 0 saturated heterocycles. The lowest BCUT2D eigenvalue weighted by atomic mass is 10.0. The van der Waals surface area contributed by atoms with Gasteiger partial charge in [0.25, 0.3) is 0 Å². The minimum atomic E-state index is -4.80. The summed E-state index contributed by atoms with van der Waals surface area (Å²) < 4.78 is 103. The summed E-state index contributed by atoms with van der Waals surface area (Å²) in [5.74, 6) is -8.57. The molecule has 1 aromatic heterocycles. The molecular weight excluding hydrogens is 423 g/mol. The van der Waals surface area contributed by atoms with Gasteiger partial charge in [-0.15, -0.1) is 0 Å². The average molecular weight is 435 g/mol. The smallest absolute Gasteiger partial charge is 0.427 e. The molecule has 0 radical (unpaired) electrons. The van der Waals surface area contributed by atoms with E-state index in [1.54, 1.807) is 24.3 Å². The van der Waals surface area contributed by atoms with Crippen molar-refractivity contribution in [2.75, 3.05) is 0 Å². The maximum atomic E-state index is 13.8. The van der Waals surface area contributed by atoms with Crippen LogP contribution in [-0.2, 0) is 19.2 Å². The number of hydrogen-bond acceptors (Lipinski definition) is 3. The van der Waals surface area contributed by atoms with Crippen LogP contribution < -0.4 is 4.74 Å². The number of aryl methyl sites for hydroxylation is 1. The first-order valence-corrected chi connectivity index (χ1v) is 9.01. The molecule has 0 aliphatic rings. The Morgan fingerprint density at radius 2 is 1.55 bits per heavy atom. The van der Waals surface area contributed by atoms with E-state index in [2.05, 4.69) is 4.37 Å². The van der Waals surface area contributed by atoms with Gasteiger partial charge in [0, 0.05) is 17.2 Å². The van der Waals surface area contributed by atoms with Gasteiger partial charge < -0.3 is 4.74 Å². The fourth-order valence-corrected chi connectivity index (χ4v) is 3.38. The van der Waals surface area contributed by atoms with Crippen LogP contribution in [0.3, 0.4) is 0 Å². The van der Waals surface area contributed by atoms with E-state index >= 15 is 0 Å². The molecular formula is C19H12F7NOS. The molecule has 2 aromatic carbocycles. The Balaban J connectivity index is 2.03. The Morgan fingerprint density at radius 3 is 2.07 bits per heavy atom. The molecule has 0 fully saturated rings. The normalized spacial score (nSPS) is 11.7. The van der Waals surface area contributed by atoms with Crippen LogP contribution in [0.2, 0.25) is 0 Å². The molecule has 0 atom stereocenters. The SMILES string of the molecule is CCc1ccc(-c2nsc(C(F)(F)F)c2COc2c(F)c(F)cc(F)c2F)cc1. The minimum Gasteiger partial charge on any atom is -0.483 e. The van der Waals surface area contributed by atoms with E-state index in [-0.39, 0.29) is 23.3 Å². The van der Waals surface area contributed by atoms with Crippen LogP contribution in [0.4, 0.5) is 30.7 Å². The summed E-state index contributed by atoms with van der Waals surface area (Å²) >= 11 is 0.147. The number of alkyl halides is 3. The Kier molecular flexibility index (Phi) is 5.83. The molecule has 2 nitrogen and oxygen atoms in total. The first-order valence-electron chi connectivity index (χ1n) is 8.24. The van der Waals surface area contributed by atoms with Crippen molar-refractivity contribution in [1.82, 2.24) is 4.37 Å². The van der Waals surface area contributed by atoms with E-state index < -0.39 is 52.2 Å². The molecule has 1 heterocycles. The summed E-state index contributed by atoms with van der Waals surface area (Å²) in [7, 11) is 0. The number of benzene rings is 2. The van der Waals surface area contributed by atoms with Crippen molar-refractivity contribution in [3.8, 4) is 17.0 Å². The van der Waals surface area contributed by atoms with Crippen molar-refractivity contribution >= 4 is 11.5 Å². The summed E-state index contributed by atoms with van der Waals surface area (Å²) in [5.41, 5.74) is 0.689. The van der Waals surface area contributed by atoms with Gasteiger partial charge in [-0.05, 0) is 23.5 Å². The predicted octanol–water partition coefficient (Wildman–Crippen LogP) is 6.53. The molecule has 10 heteroatoms. The second-order valence-electron chi connectivity index (χ2n) is 5.97. The third-order valence-corrected chi connectivity index (χ3v) is 5.05. The zero-order valence-corrected chi connectivity index (χ0v) is 15.5. The van der Waals surface area contributed by atoms with E-state index in [1.165, 1.54) is 0 Å². The molecule has 0 spiro atoms. The van der Waals surface area contributed by atoms with Crippen molar-refractivity contribution in [3.63, 3.8) is 0 Å². The van der Waals surface area contributed by atoms with Crippen LogP contribution in [0.25, 0.3) is 11.3 Å². The Morgan fingerprint density at radius 1 is 0.966 bits per heavy atom. The van der Waals surface area contributed by atoms with E-state index in [0.717, 1.165) is 5.56 Å². The highest BCUT2D eigenvalue weighted by atomic mass is 32.1. The number of ether oxygens (including phenoxy) is 1. The van der Waals surface area contributed by atoms with Gasteiger partial charge in [0.1, 0.15) is 11.5 Å². The molecule has 0 unspecified atom stereocenters. The number of hydrogen-bond donors (Lipinski definition) is 0. The van der Waals surface area contributed by atoms with Crippen LogP contribution in [0, 0.1) is 23.3 Å². The van der Waals surface area contributed by atoms with E-state index in [1.807, 2.05) is 6.92 Å². The lowest BCUT2D eigenvalue weighted by molar-refractivity contribution is -0.135. The quantitative estimate of drug-likeness (QED) is 0.336. The molecule has 0 N–H and O–H groups in total. The zero-order chi connectivity index (χ0) is 21.3. The molecule has 3 rings (SSSR count). The van der Waals surface area contributed by atoms with Gasteiger partial charge in [-0.1, -0.05) is 31.2 Å². The lowest BCUT2D eigenvalue weighted by Gasteiger charge is -2.12. The first kappa shape index (κ1) is 21.1. The number of halogens is 7. The first-order chi connectivity index (χ1) is 13.6. The molecule has 0 saturated carbocycles. The summed E-state index contributed by atoms with van der Waals surface area (Å²) in [6.45, 7) is 0.910. The zero-order valence-electron chi connectivity index (χ0n) is 14.7. The predicted molar refractivity (Wildman–Crippen MR) is 92.5 cm³/mol. The van der Waals surface area contributed by atoms with Crippen molar-refractivity contribution in [1.29, 1.82) is 0 Å². The topological polar surface area (TPSA) is 22.1 Å². The molecule has 0 aliphatic heterocycles. The van der Waals surface area contributed by atoms with Crippen molar-refractivity contribution < 1.29 is 35.5 Å². The second-order valence-corrected chi connectivity index (χ2v) is 6.75. The van der Waals surface area contributed by atoms with Gasteiger partial charge in [-0.3, -0.25) is 0 Å². The third kappa shape index (κ3) is 4.21. The largest absolute Gasteiger partial charge is 0.483 e. The van der Waals surface area contributed by atoms with Gasteiger partial charge in [-0.25, -0.2) is 8.78 Å². The fourth-order valence-electron chi connectivity index (χ4n) is 2.61. The molecule has 154 valence electrons. The maximum absolute atomic E-state index is 13.8. The van der Waals surface area contributed by atoms with Gasteiger partial charge >= 0.3 is 6.18 Å².